The number of aromatic nitrogens is 2. The van der Waals surface area contributed by atoms with E-state index in [4.69, 9.17) is 16.9 Å². The Morgan fingerprint density at radius 3 is 2.94 bits per heavy atom. The molecule has 0 atom stereocenters. The number of benzene rings is 1. The summed E-state index contributed by atoms with van der Waals surface area (Å²) in [5.41, 5.74) is 1.94. The van der Waals surface area contributed by atoms with E-state index in [0.717, 1.165) is 0 Å². The first-order valence-electron chi connectivity index (χ1n) is 5.13. The summed E-state index contributed by atoms with van der Waals surface area (Å²) < 4.78 is 0. The number of anilines is 1. The molecule has 0 saturated heterocycles. The van der Waals surface area contributed by atoms with E-state index in [1.165, 1.54) is 12.3 Å². The number of nitriles is 1. The van der Waals surface area contributed by atoms with Crippen LogP contribution in [-0.4, -0.2) is 16.1 Å². The summed E-state index contributed by atoms with van der Waals surface area (Å²) in [6, 6.07) is 6.66. The number of carbonyl (C=O) groups excluding carboxylic acids is 1. The van der Waals surface area contributed by atoms with Crippen molar-refractivity contribution in [2.24, 2.45) is 0 Å². The third kappa shape index (κ3) is 2.34. The predicted octanol–water partition coefficient (Wildman–Crippen LogP) is 2.50. The smallest absolute Gasteiger partial charge is 0.259 e. The zero-order valence-electron chi connectivity index (χ0n) is 9.49. The highest BCUT2D eigenvalue weighted by atomic mass is 35.5. The molecule has 18 heavy (non-hydrogen) atoms. The van der Waals surface area contributed by atoms with Crippen molar-refractivity contribution in [1.29, 1.82) is 5.26 Å². The van der Waals surface area contributed by atoms with Gasteiger partial charge in [0.2, 0.25) is 0 Å². The monoisotopic (exact) mass is 260 g/mol. The fraction of sp³-hybridized carbons (Fsp3) is 0.0833. The van der Waals surface area contributed by atoms with Crippen LogP contribution >= 0.6 is 11.6 Å². The molecule has 0 spiro atoms. The molecule has 1 aromatic heterocycles. The van der Waals surface area contributed by atoms with E-state index in [9.17, 15) is 4.79 Å². The summed E-state index contributed by atoms with van der Waals surface area (Å²) in [5, 5.41) is 18.3. The molecule has 0 fully saturated rings. The molecule has 2 aromatic rings. The van der Waals surface area contributed by atoms with Crippen molar-refractivity contribution in [1.82, 2.24) is 10.2 Å². The van der Waals surface area contributed by atoms with E-state index in [0.29, 0.717) is 27.5 Å². The molecule has 0 bridgehead atoms. The Bertz CT molecular complexity index is 642. The van der Waals surface area contributed by atoms with Gasteiger partial charge in [-0.25, -0.2) is 0 Å². The van der Waals surface area contributed by atoms with Gasteiger partial charge in [0, 0.05) is 5.69 Å². The van der Waals surface area contributed by atoms with Crippen molar-refractivity contribution in [3.8, 4) is 6.07 Å². The average Bonchev–Trinajstić information content (AvgIpc) is 2.78. The lowest BCUT2D eigenvalue weighted by Gasteiger charge is -2.06. The van der Waals surface area contributed by atoms with Crippen LogP contribution in [0.4, 0.5) is 5.69 Å². The normalized spacial score (nSPS) is 9.83. The molecule has 2 rings (SSSR count). The van der Waals surface area contributed by atoms with Crippen LogP contribution in [0, 0.1) is 18.3 Å². The van der Waals surface area contributed by atoms with Gasteiger partial charge in [-0.1, -0.05) is 11.6 Å². The van der Waals surface area contributed by atoms with Crippen LogP contribution in [0.5, 0.6) is 0 Å². The third-order valence-corrected chi connectivity index (χ3v) is 2.75. The predicted molar refractivity (Wildman–Crippen MR) is 67.4 cm³/mol. The number of carbonyl (C=O) groups is 1. The molecule has 2 N–H and O–H groups in total. The molecule has 5 nitrogen and oxygen atoms in total. The summed E-state index contributed by atoms with van der Waals surface area (Å²) in [5.74, 6) is -0.321. The quantitative estimate of drug-likeness (QED) is 0.870. The largest absolute Gasteiger partial charge is 0.320 e. The molecule has 0 saturated carbocycles. The molecule has 0 unspecified atom stereocenters. The van der Waals surface area contributed by atoms with Crippen LogP contribution in [0.2, 0.25) is 5.02 Å². The summed E-state index contributed by atoms with van der Waals surface area (Å²) in [4.78, 5) is 11.9. The number of nitrogens with zero attached hydrogens (tertiary/aromatic N) is 2. The van der Waals surface area contributed by atoms with Crippen LogP contribution < -0.4 is 5.32 Å². The molecular formula is C12H9ClN4O. The number of hydrogen-bond acceptors (Lipinski definition) is 3. The maximum atomic E-state index is 11.9. The second kappa shape index (κ2) is 4.90. The fourth-order valence-electron chi connectivity index (χ4n) is 1.46. The second-order valence-corrected chi connectivity index (χ2v) is 4.08. The number of rotatable bonds is 2. The van der Waals surface area contributed by atoms with E-state index in [-0.39, 0.29) is 5.91 Å². The van der Waals surface area contributed by atoms with Gasteiger partial charge in [0.15, 0.2) is 0 Å². The van der Waals surface area contributed by atoms with Crippen LogP contribution in [0.3, 0.4) is 0 Å². The van der Waals surface area contributed by atoms with Crippen molar-refractivity contribution >= 4 is 23.2 Å². The van der Waals surface area contributed by atoms with Gasteiger partial charge in [0.25, 0.3) is 5.91 Å². The van der Waals surface area contributed by atoms with E-state index >= 15 is 0 Å². The van der Waals surface area contributed by atoms with Crippen molar-refractivity contribution < 1.29 is 4.79 Å². The Morgan fingerprint density at radius 1 is 1.56 bits per heavy atom. The number of nitrogens with one attached hydrogen (secondary N) is 2. The second-order valence-electron chi connectivity index (χ2n) is 3.67. The van der Waals surface area contributed by atoms with Crippen LogP contribution in [0.15, 0.2) is 24.4 Å². The summed E-state index contributed by atoms with van der Waals surface area (Å²) in [6.45, 7) is 1.75. The number of aromatic amines is 1. The number of hydrogen-bond donors (Lipinski definition) is 2. The molecule has 1 heterocycles. The lowest BCUT2D eigenvalue weighted by molar-refractivity contribution is 0.102. The molecule has 0 radical (unpaired) electrons. The summed E-state index contributed by atoms with van der Waals surface area (Å²) in [7, 11) is 0. The maximum Gasteiger partial charge on any atom is 0.259 e. The Balaban J connectivity index is 2.27. The Labute approximate surface area is 108 Å². The van der Waals surface area contributed by atoms with Crippen LogP contribution in [-0.2, 0) is 0 Å². The van der Waals surface area contributed by atoms with Crippen molar-refractivity contribution in [3.63, 3.8) is 0 Å². The minimum atomic E-state index is -0.321. The molecule has 6 heteroatoms. The SMILES string of the molecule is Cc1[nH]ncc1C(=O)Nc1cc(C#N)ccc1Cl. The molecule has 0 aliphatic carbocycles. The Morgan fingerprint density at radius 2 is 2.33 bits per heavy atom. The highest BCUT2D eigenvalue weighted by Gasteiger charge is 2.12. The van der Waals surface area contributed by atoms with E-state index in [1.807, 2.05) is 6.07 Å². The maximum absolute atomic E-state index is 11.9. The van der Waals surface area contributed by atoms with Gasteiger partial charge in [-0.3, -0.25) is 9.89 Å². The van der Waals surface area contributed by atoms with E-state index in [1.54, 1.807) is 19.1 Å². The zero-order chi connectivity index (χ0) is 13.1. The topological polar surface area (TPSA) is 81.6 Å². The molecule has 1 amide bonds. The van der Waals surface area contributed by atoms with Crippen LogP contribution in [0.25, 0.3) is 0 Å². The zero-order valence-corrected chi connectivity index (χ0v) is 10.2. The Hall–Kier alpha value is -2.32. The van der Waals surface area contributed by atoms with Gasteiger partial charge >= 0.3 is 0 Å². The van der Waals surface area contributed by atoms with Gasteiger partial charge in [-0.05, 0) is 25.1 Å². The lowest BCUT2D eigenvalue weighted by atomic mass is 10.2. The number of aryl methyl sites for hydroxylation is 1. The average molecular weight is 261 g/mol. The van der Waals surface area contributed by atoms with Crippen LogP contribution in [0.1, 0.15) is 21.6 Å². The lowest BCUT2D eigenvalue weighted by Crippen LogP contribution is -2.12. The van der Waals surface area contributed by atoms with Crippen molar-refractivity contribution in [2.75, 3.05) is 5.32 Å². The van der Waals surface area contributed by atoms with Gasteiger partial charge in [0.1, 0.15) is 0 Å². The third-order valence-electron chi connectivity index (χ3n) is 2.42. The summed E-state index contributed by atoms with van der Waals surface area (Å²) >= 11 is 5.95. The first kappa shape index (κ1) is 12.1. The first-order valence-corrected chi connectivity index (χ1v) is 5.50. The Kier molecular flexibility index (Phi) is 3.31. The van der Waals surface area contributed by atoms with Gasteiger partial charge in [-0.2, -0.15) is 10.4 Å². The summed E-state index contributed by atoms with van der Waals surface area (Å²) in [6.07, 6.45) is 1.44. The van der Waals surface area contributed by atoms with E-state index in [2.05, 4.69) is 15.5 Å². The molecular weight excluding hydrogens is 252 g/mol. The minimum Gasteiger partial charge on any atom is -0.320 e. The van der Waals surface area contributed by atoms with Crippen molar-refractivity contribution in [2.45, 2.75) is 6.92 Å². The highest BCUT2D eigenvalue weighted by molar-refractivity contribution is 6.34. The number of H-pyrrole nitrogens is 1. The van der Waals surface area contributed by atoms with Gasteiger partial charge in [0.05, 0.1) is 34.1 Å². The molecule has 0 aliphatic heterocycles. The number of amides is 1. The van der Waals surface area contributed by atoms with Crippen molar-refractivity contribution in [3.05, 3.63) is 46.2 Å². The van der Waals surface area contributed by atoms with E-state index < -0.39 is 0 Å². The van der Waals surface area contributed by atoms with Gasteiger partial charge in [-0.15, -0.1) is 0 Å². The first-order chi connectivity index (χ1) is 8.61. The number of halogens is 1. The van der Waals surface area contributed by atoms with Gasteiger partial charge < -0.3 is 5.32 Å². The standard InChI is InChI=1S/C12H9ClN4O/c1-7-9(6-15-17-7)12(18)16-11-4-8(5-14)2-3-10(11)13/h2-4,6H,1H3,(H,15,17)(H,16,18). The molecule has 90 valence electrons. The molecule has 1 aromatic carbocycles. The minimum absolute atomic E-state index is 0.321. The highest BCUT2D eigenvalue weighted by Crippen LogP contribution is 2.23. The molecule has 0 aliphatic rings. The fourth-order valence-corrected chi connectivity index (χ4v) is 1.62.